The first-order valence-corrected chi connectivity index (χ1v) is 8.67. The van der Waals surface area contributed by atoms with Gasteiger partial charge >= 0.3 is 0 Å². The van der Waals surface area contributed by atoms with Crippen molar-refractivity contribution in [3.8, 4) is 0 Å². The molecule has 6 heteroatoms. The zero-order valence-corrected chi connectivity index (χ0v) is 14.2. The van der Waals surface area contributed by atoms with E-state index in [-0.39, 0.29) is 11.6 Å². The minimum absolute atomic E-state index is 0.0336. The van der Waals surface area contributed by atoms with Gasteiger partial charge in [0.1, 0.15) is 5.66 Å². The van der Waals surface area contributed by atoms with Gasteiger partial charge in [-0.2, -0.15) is 0 Å². The molecule has 6 nitrogen and oxygen atoms in total. The van der Waals surface area contributed by atoms with Crippen molar-refractivity contribution in [3.05, 3.63) is 81.4 Å². The maximum Gasteiger partial charge on any atom is 0.269 e. The molecule has 0 saturated carbocycles. The smallest absolute Gasteiger partial charge is 0.269 e. The summed E-state index contributed by atoms with van der Waals surface area (Å²) in [5, 5.41) is 14.0. The number of non-ortho nitro benzene ring substituents is 1. The zero-order chi connectivity index (χ0) is 18.1. The molecular formula is C20H19N3O3. The number of nitrogens with one attached hydrogen (secondary N) is 1. The molecule has 0 spiro atoms. The third kappa shape index (κ3) is 2.78. The molecule has 26 heavy (non-hydrogen) atoms. The maximum atomic E-state index is 12.2. The highest BCUT2D eigenvalue weighted by Gasteiger charge is 2.44. The fourth-order valence-corrected chi connectivity index (χ4v) is 3.82. The monoisotopic (exact) mass is 349 g/mol. The summed E-state index contributed by atoms with van der Waals surface area (Å²) in [6.07, 6.45) is 5.38. The highest BCUT2D eigenvalue weighted by Crippen LogP contribution is 2.37. The van der Waals surface area contributed by atoms with E-state index in [1.54, 1.807) is 12.1 Å². The van der Waals surface area contributed by atoms with Crippen LogP contribution in [0.2, 0.25) is 0 Å². The van der Waals surface area contributed by atoms with Gasteiger partial charge in [-0.1, -0.05) is 30.3 Å². The van der Waals surface area contributed by atoms with Gasteiger partial charge in [0.05, 0.1) is 4.92 Å². The van der Waals surface area contributed by atoms with Crippen LogP contribution in [0.5, 0.6) is 0 Å². The average Bonchev–Trinajstić information content (AvgIpc) is 2.66. The van der Waals surface area contributed by atoms with Crippen LogP contribution in [0.25, 0.3) is 6.08 Å². The summed E-state index contributed by atoms with van der Waals surface area (Å²) in [4.78, 5) is 24.9. The molecule has 1 saturated heterocycles. The molecule has 0 aromatic heterocycles. The first kappa shape index (κ1) is 16.5. The first-order chi connectivity index (χ1) is 12.6. The minimum Gasteiger partial charge on any atom is -0.330 e. The average molecular weight is 349 g/mol. The number of nitro groups is 1. The van der Waals surface area contributed by atoms with E-state index in [2.05, 4.69) is 22.3 Å². The van der Waals surface area contributed by atoms with Crippen molar-refractivity contribution in [2.75, 3.05) is 13.1 Å². The Morgan fingerprint density at radius 1 is 1.08 bits per heavy atom. The van der Waals surface area contributed by atoms with Crippen molar-refractivity contribution in [2.45, 2.75) is 18.5 Å². The van der Waals surface area contributed by atoms with Crippen LogP contribution in [-0.4, -0.2) is 28.8 Å². The van der Waals surface area contributed by atoms with Gasteiger partial charge < -0.3 is 5.32 Å². The van der Waals surface area contributed by atoms with Crippen molar-refractivity contribution >= 4 is 17.7 Å². The quantitative estimate of drug-likeness (QED) is 0.683. The molecule has 0 aliphatic carbocycles. The second kappa shape index (κ2) is 6.38. The first-order valence-electron chi connectivity index (χ1n) is 8.67. The fraction of sp³-hybridized carbons (Fsp3) is 0.250. The number of nitrogens with zero attached hydrogens (tertiary/aromatic N) is 2. The summed E-state index contributed by atoms with van der Waals surface area (Å²) >= 11 is 0. The highest BCUT2D eigenvalue weighted by molar-refractivity contribution is 5.79. The van der Waals surface area contributed by atoms with Crippen molar-refractivity contribution in [3.63, 3.8) is 0 Å². The van der Waals surface area contributed by atoms with Crippen LogP contribution in [0.4, 0.5) is 5.69 Å². The van der Waals surface area contributed by atoms with Gasteiger partial charge in [-0.05, 0) is 41.3 Å². The fourth-order valence-electron chi connectivity index (χ4n) is 3.82. The van der Waals surface area contributed by atoms with Crippen LogP contribution in [0.15, 0.2) is 54.6 Å². The summed E-state index contributed by atoms with van der Waals surface area (Å²) in [5.41, 5.74) is 2.59. The van der Waals surface area contributed by atoms with E-state index in [4.69, 9.17) is 0 Å². The van der Waals surface area contributed by atoms with E-state index in [0.29, 0.717) is 13.0 Å². The van der Waals surface area contributed by atoms with Crippen molar-refractivity contribution in [2.24, 2.45) is 0 Å². The lowest BCUT2D eigenvalue weighted by atomic mass is 9.84. The minimum atomic E-state index is -0.661. The van der Waals surface area contributed by atoms with E-state index in [1.807, 2.05) is 24.3 Å². The Labute approximate surface area is 151 Å². The van der Waals surface area contributed by atoms with Gasteiger partial charge in [0, 0.05) is 31.6 Å². The molecule has 0 radical (unpaired) electrons. The number of amides is 1. The van der Waals surface area contributed by atoms with Crippen LogP contribution < -0.4 is 5.32 Å². The summed E-state index contributed by atoms with van der Waals surface area (Å²) in [6, 6.07) is 14.6. The molecule has 1 atom stereocenters. The number of rotatable bonds is 3. The number of carbonyl (C=O) groups excluding carboxylic acids is 1. The van der Waals surface area contributed by atoms with E-state index >= 15 is 0 Å². The maximum absolute atomic E-state index is 12.2. The second-order valence-corrected chi connectivity index (χ2v) is 6.64. The molecule has 1 N–H and O–H groups in total. The number of benzene rings is 2. The van der Waals surface area contributed by atoms with Gasteiger partial charge in [0.2, 0.25) is 5.91 Å². The lowest BCUT2D eigenvalue weighted by Crippen LogP contribution is -2.63. The molecule has 1 amide bonds. The van der Waals surface area contributed by atoms with E-state index < -0.39 is 10.6 Å². The van der Waals surface area contributed by atoms with Crippen LogP contribution in [-0.2, 0) is 16.9 Å². The summed E-state index contributed by atoms with van der Waals surface area (Å²) in [7, 11) is 0. The summed E-state index contributed by atoms with van der Waals surface area (Å²) in [5.74, 6) is 0.0336. The molecule has 1 fully saturated rings. The second-order valence-electron chi connectivity index (χ2n) is 6.64. The van der Waals surface area contributed by atoms with E-state index in [1.165, 1.54) is 17.7 Å². The predicted octanol–water partition coefficient (Wildman–Crippen LogP) is 2.84. The molecule has 2 aliphatic rings. The van der Waals surface area contributed by atoms with Gasteiger partial charge in [0.25, 0.3) is 5.69 Å². The standard InChI is InChI=1S/C20H19N3O3/c24-19-11-14-22-13-10-16-3-1-2-4-18(16)20(22,21-19)12-9-15-5-7-17(8-6-15)23(25)26/h1-9,12H,10-11,13-14H2,(H,21,24)/b12-9+. The van der Waals surface area contributed by atoms with Crippen LogP contribution in [0.1, 0.15) is 23.1 Å². The molecule has 0 bridgehead atoms. The predicted molar refractivity (Wildman–Crippen MR) is 98.3 cm³/mol. The molecule has 2 aromatic carbocycles. The lowest BCUT2D eigenvalue weighted by molar-refractivity contribution is -0.384. The lowest BCUT2D eigenvalue weighted by Gasteiger charge is -2.49. The zero-order valence-electron chi connectivity index (χ0n) is 14.2. The molecule has 1 unspecified atom stereocenters. The van der Waals surface area contributed by atoms with Gasteiger partial charge in [-0.15, -0.1) is 0 Å². The Balaban J connectivity index is 1.74. The van der Waals surface area contributed by atoms with Crippen LogP contribution in [0.3, 0.4) is 0 Å². The molecule has 2 heterocycles. The van der Waals surface area contributed by atoms with Gasteiger partial charge in [-0.25, -0.2) is 0 Å². The molecule has 132 valence electrons. The van der Waals surface area contributed by atoms with E-state index in [9.17, 15) is 14.9 Å². The Hall–Kier alpha value is -2.99. The summed E-state index contributed by atoms with van der Waals surface area (Å²) in [6.45, 7) is 1.59. The van der Waals surface area contributed by atoms with Crippen LogP contribution in [0, 0.1) is 10.1 Å². The van der Waals surface area contributed by atoms with Crippen molar-refractivity contribution in [1.29, 1.82) is 0 Å². The molecule has 2 aliphatic heterocycles. The number of nitro benzene ring substituents is 1. The van der Waals surface area contributed by atoms with Crippen molar-refractivity contribution in [1.82, 2.24) is 10.2 Å². The third-order valence-corrected chi connectivity index (χ3v) is 5.14. The van der Waals surface area contributed by atoms with Crippen molar-refractivity contribution < 1.29 is 9.72 Å². The molecular weight excluding hydrogens is 330 g/mol. The number of hydrogen-bond acceptors (Lipinski definition) is 4. The largest absolute Gasteiger partial charge is 0.330 e. The number of fused-ring (bicyclic) bond motifs is 3. The SMILES string of the molecule is O=C1CCN2CCc3ccccc3C2(/C=C/c2ccc([N+](=O)[O-])cc2)N1. The van der Waals surface area contributed by atoms with Crippen LogP contribution >= 0.6 is 0 Å². The number of hydrogen-bond donors (Lipinski definition) is 1. The Bertz CT molecular complexity index is 891. The summed E-state index contributed by atoms with van der Waals surface area (Å²) < 4.78 is 0. The Morgan fingerprint density at radius 3 is 2.58 bits per heavy atom. The normalized spacial score (nSPS) is 22.5. The number of carbonyl (C=O) groups is 1. The Kier molecular flexibility index (Phi) is 4.05. The third-order valence-electron chi connectivity index (χ3n) is 5.14. The Morgan fingerprint density at radius 2 is 1.81 bits per heavy atom. The van der Waals surface area contributed by atoms with Gasteiger partial charge in [0.15, 0.2) is 0 Å². The topological polar surface area (TPSA) is 75.5 Å². The van der Waals surface area contributed by atoms with Gasteiger partial charge in [-0.3, -0.25) is 19.8 Å². The highest BCUT2D eigenvalue weighted by atomic mass is 16.6. The van der Waals surface area contributed by atoms with E-state index in [0.717, 1.165) is 24.1 Å². The molecule has 2 aromatic rings. The molecule has 4 rings (SSSR count).